The fourth-order valence-electron chi connectivity index (χ4n) is 3.42. The molecule has 1 amide bonds. The molecule has 5 aromatic rings. The molecule has 3 aromatic heterocycles. The SMILES string of the molecule is Cc1cccc(-c2noc(-c3nn(CC(=O)NCc4cccs4)c4ccccc34)n2)c1. The number of fused-ring (bicyclic) bond motifs is 1. The van der Waals surface area contributed by atoms with Gasteiger partial charge < -0.3 is 9.84 Å². The molecule has 154 valence electrons. The van der Waals surface area contributed by atoms with E-state index in [0.29, 0.717) is 24.0 Å². The van der Waals surface area contributed by atoms with Crippen molar-refractivity contribution in [3.8, 4) is 23.0 Å². The molecule has 0 fully saturated rings. The minimum Gasteiger partial charge on any atom is -0.350 e. The number of carbonyl (C=O) groups excluding carboxylic acids is 1. The molecule has 8 heteroatoms. The maximum atomic E-state index is 12.5. The Bertz CT molecular complexity index is 1350. The summed E-state index contributed by atoms with van der Waals surface area (Å²) >= 11 is 1.61. The van der Waals surface area contributed by atoms with Gasteiger partial charge in [0.2, 0.25) is 11.7 Å². The molecule has 0 unspecified atom stereocenters. The van der Waals surface area contributed by atoms with Crippen LogP contribution >= 0.6 is 11.3 Å². The summed E-state index contributed by atoms with van der Waals surface area (Å²) in [6, 6.07) is 19.6. The molecule has 0 aliphatic rings. The Morgan fingerprint density at radius 2 is 2.03 bits per heavy atom. The van der Waals surface area contributed by atoms with Gasteiger partial charge in [-0.05, 0) is 30.5 Å². The summed E-state index contributed by atoms with van der Waals surface area (Å²) in [6.45, 7) is 2.63. The largest absolute Gasteiger partial charge is 0.350 e. The van der Waals surface area contributed by atoms with Crippen molar-refractivity contribution in [2.75, 3.05) is 0 Å². The molecule has 0 saturated heterocycles. The zero-order valence-electron chi connectivity index (χ0n) is 16.8. The number of hydrogen-bond donors (Lipinski definition) is 1. The van der Waals surface area contributed by atoms with Crippen molar-refractivity contribution < 1.29 is 9.32 Å². The fourth-order valence-corrected chi connectivity index (χ4v) is 4.06. The molecule has 1 N–H and O–H groups in total. The fraction of sp³-hybridized carbons (Fsp3) is 0.130. The third-order valence-corrected chi connectivity index (χ3v) is 5.77. The Morgan fingerprint density at radius 3 is 2.87 bits per heavy atom. The lowest BCUT2D eigenvalue weighted by Gasteiger charge is -2.05. The highest BCUT2D eigenvalue weighted by Crippen LogP contribution is 2.28. The average Bonchev–Trinajstić information content (AvgIpc) is 3.53. The molecular formula is C23H19N5O2S. The number of rotatable bonds is 6. The molecule has 0 aliphatic carbocycles. The summed E-state index contributed by atoms with van der Waals surface area (Å²) in [6.07, 6.45) is 0. The highest BCUT2D eigenvalue weighted by atomic mass is 32.1. The summed E-state index contributed by atoms with van der Waals surface area (Å²) in [4.78, 5) is 18.2. The summed E-state index contributed by atoms with van der Waals surface area (Å²) in [5, 5.41) is 14.5. The number of aryl methyl sites for hydroxylation is 1. The molecule has 0 radical (unpaired) electrons. The molecule has 0 bridgehead atoms. The normalized spacial score (nSPS) is 11.1. The first-order chi connectivity index (χ1) is 15.2. The lowest BCUT2D eigenvalue weighted by molar-refractivity contribution is -0.121. The van der Waals surface area contributed by atoms with Gasteiger partial charge in [0.15, 0.2) is 5.69 Å². The van der Waals surface area contributed by atoms with E-state index in [1.54, 1.807) is 16.0 Å². The number of amides is 1. The summed E-state index contributed by atoms with van der Waals surface area (Å²) in [5.41, 5.74) is 3.39. The van der Waals surface area contributed by atoms with Crippen molar-refractivity contribution in [1.29, 1.82) is 0 Å². The van der Waals surface area contributed by atoms with Gasteiger partial charge in [0, 0.05) is 15.8 Å². The number of nitrogens with zero attached hydrogens (tertiary/aromatic N) is 4. The van der Waals surface area contributed by atoms with Gasteiger partial charge in [0.1, 0.15) is 6.54 Å². The Morgan fingerprint density at radius 1 is 1.13 bits per heavy atom. The molecule has 31 heavy (non-hydrogen) atoms. The lowest BCUT2D eigenvalue weighted by atomic mass is 10.1. The molecule has 0 aliphatic heterocycles. The molecule has 2 aromatic carbocycles. The van der Waals surface area contributed by atoms with Gasteiger partial charge in [0.25, 0.3) is 5.89 Å². The van der Waals surface area contributed by atoms with E-state index in [-0.39, 0.29) is 12.5 Å². The first kappa shape index (κ1) is 19.2. The minimum absolute atomic E-state index is 0.102. The van der Waals surface area contributed by atoms with Gasteiger partial charge in [-0.2, -0.15) is 10.1 Å². The van der Waals surface area contributed by atoms with Gasteiger partial charge in [-0.15, -0.1) is 11.3 Å². The first-order valence-electron chi connectivity index (χ1n) is 9.83. The Hall–Kier alpha value is -3.78. The third-order valence-electron chi connectivity index (χ3n) is 4.90. The maximum Gasteiger partial charge on any atom is 0.279 e. The number of nitrogens with one attached hydrogen (secondary N) is 1. The van der Waals surface area contributed by atoms with Crippen LogP contribution in [0.5, 0.6) is 0 Å². The number of aromatic nitrogens is 4. The first-order valence-corrected chi connectivity index (χ1v) is 10.7. The van der Waals surface area contributed by atoms with Gasteiger partial charge in [-0.25, -0.2) is 0 Å². The molecular weight excluding hydrogens is 410 g/mol. The van der Waals surface area contributed by atoms with Crippen LogP contribution in [0.1, 0.15) is 10.4 Å². The number of thiophene rings is 1. The van der Waals surface area contributed by atoms with Gasteiger partial charge >= 0.3 is 0 Å². The van der Waals surface area contributed by atoms with E-state index in [1.807, 2.05) is 73.0 Å². The highest BCUT2D eigenvalue weighted by molar-refractivity contribution is 7.09. The van der Waals surface area contributed by atoms with Crippen LogP contribution in [0.2, 0.25) is 0 Å². The number of para-hydroxylation sites is 1. The minimum atomic E-state index is -0.112. The molecule has 3 heterocycles. The summed E-state index contributed by atoms with van der Waals surface area (Å²) in [5.74, 6) is 0.718. The number of carbonyl (C=O) groups is 1. The van der Waals surface area contributed by atoms with Crippen molar-refractivity contribution >= 4 is 28.1 Å². The number of hydrogen-bond acceptors (Lipinski definition) is 6. The van der Waals surface area contributed by atoms with E-state index >= 15 is 0 Å². The zero-order chi connectivity index (χ0) is 21.2. The van der Waals surface area contributed by atoms with Crippen LogP contribution in [0.4, 0.5) is 0 Å². The predicted molar refractivity (Wildman–Crippen MR) is 119 cm³/mol. The molecule has 0 atom stereocenters. The van der Waals surface area contributed by atoms with Crippen LogP contribution in [-0.4, -0.2) is 25.8 Å². The molecule has 0 spiro atoms. The standard InChI is InChI=1S/C23H19N5O2S/c1-15-6-4-7-16(12-15)22-25-23(30-27-22)21-18-9-2-3-10-19(18)28(26-21)14-20(29)24-13-17-8-5-11-31-17/h2-12H,13-14H2,1H3,(H,24,29). The maximum absolute atomic E-state index is 12.5. The van der Waals surface area contributed by atoms with Crippen LogP contribution in [0.25, 0.3) is 33.9 Å². The predicted octanol–water partition coefficient (Wildman–Crippen LogP) is 4.44. The average molecular weight is 430 g/mol. The van der Waals surface area contributed by atoms with Gasteiger partial charge in [-0.3, -0.25) is 9.48 Å². The van der Waals surface area contributed by atoms with Crippen LogP contribution < -0.4 is 5.32 Å². The monoisotopic (exact) mass is 429 g/mol. The molecule has 7 nitrogen and oxygen atoms in total. The summed E-state index contributed by atoms with van der Waals surface area (Å²) in [7, 11) is 0. The van der Waals surface area contributed by atoms with E-state index in [1.165, 1.54) is 0 Å². The Kier molecular flexibility index (Phi) is 5.05. The number of benzene rings is 2. The molecule has 0 saturated carbocycles. The smallest absolute Gasteiger partial charge is 0.279 e. The zero-order valence-corrected chi connectivity index (χ0v) is 17.6. The van der Waals surface area contributed by atoms with Crippen LogP contribution in [0.15, 0.2) is 70.6 Å². The second-order valence-electron chi connectivity index (χ2n) is 7.17. The van der Waals surface area contributed by atoms with Gasteiger partial charge in [-0.1, -0.05) is 53.2 Å². The summed E-state index contributed by atoms with van der Waals surface area (Å²) < 4.78 is 7.20. The Labute approximate surface area is 182 Å². The van der Waals surface area contributed by atoms with Crippen molar-refractivity contribution in [2.24, 2.45) is 0 Å². The van der Waals surface area contributed by atoms with E-state index in [0.717, 1.165) is 26.9 Å². The van der Waals surface area contributed by atoms with E-state index < -0.39 is 0 Å². The highest BCUT2D eigenvalue weighted by Gasteiger charge is 2.19. The van der Waals surface area contributed by atoms with Crippen LogP contribution in [0, 0.1) is 6.92 Å². The topological polar surface area (TPSA) is 85.8 Å². The molecule has 5 rings (SSSR count). The van der Waals surface area contributed by atoms with Crippen molar-refractivity contribution in [3.63, 3.8) is 0 Å². The van der Waals surface area contributed by atoms with Crippen LogP contribution in [0.3, 0.4) is 0 Å². The quantitative estimate of drug-likeness (QED) is 0.431. The van der Waals surface area contributed by atoms with E-state index in [2.05, 4.69) is 20.6 Å². The van der Waals surface area contributed by atoms with Crippen molar-refractivity contribution in [2.45, 2.75) is 20.0 Å². The van der Waals surface area contributed by atoms with E-state index in [4.69, 9.17) is 4.52 Å². The second kappa shape index (κ2) is 8.16. The third kappa shape index (κ3) is 3.97. The van der Waals surface area contributed by atoms with Crippen LogP contribution in [-0.2, 0) is 17.9 Å². The van der Waals surface area contributed by atoms with E-state index in [9.17, 15) is 4.79 Å². The lowest BCUT2D eigenvalue weighted by Crippen LogP contribution is -2.27. The second-order valence-corrected chi connectivity index (χ2v) is 8.20. The van der Waals surface area contributed by atoms with Crippen molar-refractivity contribution in [3.05, 3.63) is 76.5 Å². The Balaban J connectivity index is 1.43. The van der Waals surface area contributed by atoms with Gasteiger partial charge in [0.05, 0.1) is 12.1 Å². The van der Waals surface area contributed by atoms with Crippen molar-refractivity contribution in [1.82, 2.24) is 25.2 Å².